The van der Waals surface area contributed by atoms with E-state index in [0.29, 0.717) is 6.04 Å². The van der Waals surface area contributed by atoms with Crippen LogP contribution in [-0.4, -0.2) is 29.6 Å². The van der Waals surface area contributed by atoms with Crippen LogP contribution in [-0.2, 0) is 0 Å². The van der Waals surface area contributed by atoms with Gasteiger partial charge in [0.2, 0.25) is 0 Å². The third-order valence-electron chi connectivity index (χ3n) is 6.73. The third kappa shape index (κ3) is 3.64. The molecule has 1 aliphatic carbocycles. The number of hydrogen-bond acceptors (Lipinski definition) is 2. The van der Waals surface area contributed by atoms with E-state index in [-0.39, 0.29) is 5.54 Å². The van der Waals surface area contributed by atoms with Gasteiger partial charge in [0.1, 0.15) is 0 Å². The van der Waals surface area contributed by atoms with Crippen molar-refractivity contribution >= 4 is 0 Å². The number of hydrogen-bond donors (Lipinski definition) is 1. The fourth-order valence-corrected chi connectivity index (χ4v) is 5.03. The Labute approximate surface area is 132 Å². The Morgan fingerprint density at radius 1 is 1.14 bits per heavy atom. The highest BCUT2D eigenvalue weighted by molar-refractivity contribution is 4.99. The maximum Gasteiger partial charge on any atom is 0.0334 e. The van der Waals surface area contributed by atoms with Gasteiger partial charge in [-0.05, 0) is 56.3 Å². The second-order valence-corrected chi connectivity index (χ2v) is 8.57. The topological polar surface area (TPSA) is 29.3 Å². The lowest BCUT2D eigenvalue weighted by molar-refractivity contribution is -0.0249. The fraction of sp³-hybridized carbons (Fsp3) is 1.00. The molecule has 0 amide bonds. The molecule has 2 nitrogen and oxygen atoms in total. The van der Waals surface area contributed by atoms with Crippen LogP contribution in [0.15, 0.2) is 0 Å². The highest BCUT2D eigenvalue weighted by Crippen LogP contribution is 2.41. The summed E-state index contributed by atoms with van der Waals surface area (Å²) >= 11 is 0. The maximum absolute atomic E-state index is 6.37. The van der Waals surface area contributed by atoms with Gasteiger partial charge in [0, 0.05) is 24.7 Å². The second kappa shape index (κ2) is 7.00. The Morgan fingerprint density at radius 3 is 2.48 bits per heavy atom. The molecule has 2 rings (SSSR count). The van der Waals surface area contributed by atoms with Crippen LogP contribution in [0, 0.1) is 23.7 Å². The highest BCUT2D eigenvalue weighted by atomic mass is 15.2. The Morgan fingerprint density at radius 2 is 1.86 bits per heavy atom. The van der Waals surface area contributed by atoms with Gasteiger partial charge in [0.25, 0.3) is 0 Å². The Bertz CT molecular complexity index is 328. The molecule has 21 heavy (non-hydrogen) atoms. The molecule has 0 aromatic heterocycles. The van der Waals surface area contributed by atoms with Crippen molar-refractivity contribution in [1.29, 1.82) is 0 Å². The van der Waals surface area contributed by atoms with E-state index in [9.17, 15) is 0 Å². The molecule has 124 valence electrons. The molecule has 5 atom stereocenters. The molecule has 1 saturated carbocycles. The van der Waals surface area contributed by atoms with Crippen molar-refractivity contribution in [2.75, 3.05) is 13.1 Å². The summed E-state index contributed by atoms with van der Waals surface area (Å²) in [6.07, 6.45) is 8.17. The summed E-state index contributed by atoms with van der Waals surface area (Å²) in [6, 6.07) is 0.695. The molecular weight excluding hydrogens is 256 g/mol. The number of piperidine rings is 1. The Hall–Kier alpha value is -0.0800. The Kier molecular flexibility index (Phi) is 5.76. The van der Waals surface area contributed by atoms with E-state index < -0.39 is 0 Å². The van der Waals surface area contributed by atoms with Crippen LogP contribution >= 0.6 is 0 Å². The van der Waals surface area contributed by atoms with Crippen LogP contribution in [0.3, 0.4) is 0 Å². The lowest BCUT2D eigenvalue weighted by atomic mass is 9.78. The zero-order valence-corrected chi connectivity index (χ0v) is 15.1. The summed E-state index contributed by atoms with van der Waals surface area (Å²) in [6.45, 7) is 14.2. The van der Waals surface area contributed by atoms with Crippen molar-refractivity contribution in [1.82, 2.24) is 4.90 Å². The van der Waals surface area contributed by atoms with E-state index in [2.05, 4.69) is 39.5 Å². The first-order valence-electron chi connectivity index (χ1n) is 9.36. The summed E-state index contributed by atoms with van der Waals surface area (Å²) in [5.74, 6) is 3.37. The molecule has 0 aromatic carbocycles. The van der Waals surface area contributed by atoms with E-state index in [1.807, 2.05) is 0 Å². The number of rotatable bonds is 3. The molecule has 2 heteroatoms. The molecule has 1 saturated heterocycles. The predicted molar refractivity (Wildman–Crippen MR) is 92.3 cm³/mol. The van der Waals surface area contributed by atoms with E-state index in [4.69, 9.17) is 5.73 Å². The molecule has 0 bridgehead atoms. The van der Waals surface area contributed by atoms with Crippen molar-refractivity contribution in [3.63, 3.8) is 0 Å². The van der Waals surface area contributed by atoms with Gasteiger partial charge in [0.05, 0.1) is 0 Å². The average Bonchev–Trinajstić information content (AvgIpc) is 2.66. The fourth-order valence-electron chi connectivity index (χ4n) is 5.03. The summed E-state index contributed by atoms with van der Waals surface area (Å²) < 4.78 is 0. The summed E-state index contributed by atoms with van der Waals surface area (Å²) in [5, 5.41) is 0. The third-order valence-corrected chi connectivity index (χ3v) is 6.73. The van der Waals surface area contributed by atoms with Crippen molar-refractivity contribution < 1.29 is 0 Å². The normalized spacial score (nSPS) is 43.0. The van der Waals surface area contributed by atoms with Gasteiger partial charge in [-0.3, -0.25) is 4.90 Å². The lowest BCUT2D eigenvalue weighted by Gasteiger charge is -2.52. The minimum absolute atomic E-state index is 0.284. The molecule has 0 spiro atoms. The molecule has 1 heterocycles. The molecule has 5 unspecified atom stereocenters. The first kappa shape index (κ1) is 17.3. The van der Waals surface area contributed by atoms with Crippen LogP contribution in [0.4, 0.5) is 0 Å². The first-order chi connectivity index (χ1) is 9.89. The van der Waals surface area contributed by atoms with Gasteiger partial charge in [-0.2, -0.15) is 0 Å². The van der Waals surface area contributed by atoms with Crippen molar-refractivity contribution in [3.05, 3.63) is 0 Å². The van der Waals surface area contributed by atoms with Gasteiger partial charge in [-0.15, -0.1) is 0 Å². The zero-order valence-electron chi connectivity index (χ0n) is 15.1. The van der Waals surface area contributed by atoms with Crippen LogP contribution in [0.5, 0.6) is 0 Å². The lowest BCUT2D eigenvalue weighted by Crippen LogP contribution is -2.61. The first-order valence-corrected chi connectivity index (χ1v) is 9.36. The zero-order chi connectivity index (χ0) is 15.6. The standard InChI is InChI=1S/C19H38N2/c1-14(2)18-7-6-9-19(13-20,10-8-18)21-12-15(3)11-16(4)17(21)5/h14-18H,6-13,20H2,1-5H3. The minimum atomic E-state index is 0.284. The van der Waals surface area contributed by atoms with E-state index in [1.54, 1.807) is 0 Å². The molecule has 2 aliphatic rings. The van der Waals surface area contributed by atoms with E-state index in [1.165, 1.54) is 45.1 Å². The smallest absolute Gasteiger partial charge is 0.0334 e. The van der Waals surface area contributed by atoms with Gasteiger partial charge in [-0.1, -0.05) is 40.5 Å². The molecular formula is C19H38N2. The molecule has 0 aromatic rings. The van der Waals surface area contributed by atoms with Gasteiger partial charge in [-0.25, -0.2) is 0 Å². The van der Waals surface area contributed by atoms with Crippen LogP contribution in [0.2, 0.25) is 0 Å². The predicted octanol–water partition coefficient (Wildman–Crippen LogP) is 4.29. The van der Waals surface area contributed by atoms with Crippen molar-refractivity contribution in [2.24, 2.45) is 29.4 Å². The maximum atomic E-state index is 6.37. The summed E-state index contributed by atoms with van der Waals surface area (Å²) in [7, 11) is 0. The van der Waals surface area contributed by atoms with Crippen molar-refractivity contribution in [3.8, 4) is 0 Å². The van der Waals surface area contributed by atoms with Gasteiger partial charge < -0.3 is 5.73 Å². The SMILES string of the molecule is CC1CC(C)C(C)N(C2(CN)CCCC(C(C)C)CC2)C1. The summed E-state index contributed by atoms with van der Waals surface area (Å²) in [4.78, 5) is 2.83. The molecule has 2 N–H and O–H groups in total. The quantitative estimate of drug-likeness (QED) is 0.787. The number of nitrogens with two attached hydrogens (primary N) is 1. The largest absolute Gasteiger partial charge is 0.329 e. The highest BCUT2D eigenvalue weighted by Gasteiger charge is 2.43. The Balaban J connectivity index is 2.16. The monoisotopic (exact) mass is 294 g/mol. The van der Waals surface area contributed by atoms with Crippen LogP contribution < -0.4 is 5.73 Å². The number of nitrogens with zero attached hydrogens (tertiary/aromatic N) is 1. The van der Waals surface area contributed by atoms with E-state index in [0.717, 1.165) is 30.2 Å². The molecule has 2 fully saturated rings. The number of likely N-dealkylation sites (tertiary alicyclic amines) is 1. The second-order valence-electron chi connectivity index (χ2n) is 8.57. The van der Waals surface area contributed by atoms with E-state index >= 15 is 0 Å². The van der Waals surface area contributed by atoms with Crippen LogP contribution in [0.1, 0.15) is 73.1 Å². The van der Waals surface area contributed by atoms with Gasteiger partial charge >= 0.3 is 0 Å². The molecule has 0 radical (unpaired) electrons. The van der Waals surface area contributed by atoms with Crippen molar-refractivity contribution in [2.45, 2.75) is 84.7 Å². The van der Waals surface area contributed by atoms with Gasteiger partial charge in [0.15, 0.2) is 0 Å². The molecule has 1 aliphatic heterocycles. The summed E-state index contributed by atoms with van der Waals surface area (Å²) in [5.41, 5.74) is 6.66. The average molecular weight is 295 g/mol. The minimum Gasteiger partial charge on any atom is -0.329 e. The van der Waals surface area contributed by atoms with Crippen LogP contribution in [0.25, 0.3) is 0 Å².